The van der Waals surface area contributed by atoms with Gasteiger partial charge in [-0.3, -0.25) is 4.21 Å². The second-order valence-corrected chi connectivity index (χ2v) is 5.98. The van der Waals surface area contributed by atoms with Crippen molar-refractivity contribution in [1.82, 2.24) is 5.32 Å². The number of halogens is 3. The lowest BCUT2D eigenvalue weighted by atomic mass is 10.0. The maximum absolute atomic E-state index is 12.6. The molecular formula is C13H18F3NOS. The van der Waals surface area contributed by atoms with E-state index < -0.39 is 22.5 Å². The Morgan fingerprint density at radius 2 is 2.05 bits per heavy atom. The van der Waals surface area contributed by atoms with E-state index in [-0.39, 0.29) is 6.04 Å². The minimum absolute atomic E-state index is 0.160. The second kappa shape index (κ2) is 7.05. The SMILES string of the molecule is CC(NCCCS(C)=O)c1cccc(C(F)(F)F)c1. The van der Waals surface area contributed by atoms with E-state index in [1.54, 1.807) is 12.3 Å². The van der Waals surface area contributed by atoms with Gasteiger partial charge in [0.2, 0.25) is 0 Å². The first kappa shape index (κ1) is 16.2. The fourth-order valence-corrected chi connectivity index (χ4v) is 2.25. The summed E-state index contributed by atoms with van der Waals surface area (Å²) >= 11 is 0. The van der Waals surface area contributed by atoms with Gasteiger partial charge in [0, 0.05) is 28.9 Å². The molecule has 0 aliphatic heterocycles. The van der Waals surface area contributed by atoms with Crippen LogP contribution in [0.2, 0.25) is 0 Å². The van der Waals surface area contributed by atoms with Gasteiger partial charge in [-0.1, -0.05) is 12.1 Å². The van der Waals surface area contributed by atoms with Gasteiger partial charge in [0.15, 0.2) is 0 Å². The lowest BCUT2D eigenvalue weighted by Crippen LogP contribution is -2.21. The Hall–Kier alpha value is -0.880. The average Bonchev–Trinajstić information content (AvgIpc) is 2.33. The fourth-order valence-electron chi connectivity index (χ4n) is 1.70. The van der Waals surface area contributed by atoms with Gasteiger partial charge >= 0.3 is 6.18 Å². The Morgan fingerprint density at radius 1 is 1.37 bits per heavy atom. The average molecular weight is 293 g/mol. The highest BCUT2D eigenvalue weighted by Gasteiger charge is 2.30. The molecule has 1 aromatic carbocycles. The first-order chi connectivity index (χ1) is 8.80. The minimum Gasteiger partial charge on any atom is -0.310 e. The maximum atomic E-state index is 12.6. The van der Waals surface area contributed by atoms with Gasteiger partial charge in [0.1, 0.15) is 0 Å². The normalized spacial score (nSPS) is 15.2. The van der Waals surface area contributed by atoms with Crippen LogP contribution in [0.3, 0.4) is 0 Å². The van der Waals surface area contributed by atoms with Gasteiger partial charge < -0.3 is 5.32 Å². The molecule has 0 bridgehead atoms. The maximum Gasteiger partial charge on any atom is 0.416 e. The summed E-state index contributed by atoms with van der Waals surface area (Å²) in [6.45, 7) is 2.45. The molecule has 1 N–H and O–H groups in total. The van der Waals surface area contributed by atoms with Crippen LogP contribution >= 0.6 is 0 Å². The molecule has 2 atom stereocenters. The van der Waals surface area contributed by atoms with E-state index in [2.05, 4.69) is 5.32 Å². The molecule has 0 amide bonds. The highest BCUT2D eigenvalue weighted by Crippen LogP contribution is 2.30. The van der Waals surface area contributed by atoms with Gasteiger partial charge in [-0.25, -0.2) is 0 Å². The summed E-state index contributed by atoms with van der Waals surface area (Å²) in [6.07, 6.45) is -1.93. The predicted molar refractivity (Wildman–Crippen MR) is 71.4 cm³/mol. The largest absolute Gasteiger partial charge is 0.416 e. The molecule has 0 heterocycles. The minimum atomic E-state index is -4.31. The van der Waals surface area contributed by atoms with Crippen LogP contribution in [0.1, 0.15) is 30.5 Å². The molecular weight excluding hydrogens is 275 g/mol. The van der Waals surface area contributed by atoms with Crippen molar-refractivity contribution in [1.29, 1.82) is 0 Å². The van der Waals surface area contributed by atoms with E-state index in [1.807, 2.05) is 6.92 Å². The summed E-state index contributed by atoms with van der Waals surface area (Å²) < 4.78 is 48.6. The van der Waals surface area contributed by atoms with Gasteiger partial charge in [-0.05, 0) is 37.6 Å². The summed E-state index contributed by atoms with van der Waals surface area (Å²) in [7, 11) is -0.829. The standard InChI is InChI=1S/C13H18F3NOS/c1-10(17-7-4-8-19(2)18)11-5-3-6-12(9-11)13(14,15)16/h3,5-6,9-10,17H,4,7-8H2,1-2H3. The zero-order valence-corrected chi connectivity index (χ0v) is 11.8. The molecule has 2 unspecified atom stereocenters. The van der Waals surface area contributed by atoms with Crippen molar-refractivity contribution in [3.63, 3.8) is 0 Å². The Balaban J connectivity index is 2.57. The molecule has 0 aliphatic carbocycles. The number of rotatable bonds is 6. The van der Waals surface area contributed by atoms with Gasteiger partial charge in [-0.15, -0.1) is 0 Å². The number of benzene rings is 1. The molecule has 19 heavy (non-hydrogen) atoms. The van der Waals surface area contributed by atoms with Crippen LogP contribution in [-0.4, -0.2) is 22.8 Å². The lowest BCUT2D eigenvalue weighted by Gasteiger charge is -2.16. The second-order valence-electron chi connectivity index (χ2n) is 4.43. The predicted octanol–water partition coefficient (Wildman–Crippen LogP) is 3.12. The first-order valence-electron chi connectivity index (χ1n) is 6.01. The monoisotopic (exact) mass is 293 g/mol. The van der Waals surface area contributed by atoms with Crippen molar-refractivity contribution in [2.24, 2.45) is 0 Å². The third kappa shape index (κ3) is 5.74. The number of hydrogen-bond acceptors (Lipinski definition) is 2. The zero-order chi connectivity index (χ0) is 14.5. The Bertz CT molecular complexity index is 434. The van der Waals surface area contributed by atoms with Gasteiger partial charge in [0.25, 0.3) is 0 Å². The third-order valence-electron chi connectivity index (χ3n) is 2.77. The molecule has 0 saturated heterocycles. The molecule has 0 spiro atoms. The highest BCUT2D eigenvalue weighted by molar-refractivity contribution is 7.84. The van der Waals surface area contributed by atoms with E-state index in [9.17, 15) is 17.4 Å². The zero-order valence-electron chi connectivity index (χ0n) is 11.0. The highest BCUT2D eigenvalue weighted by atomic mass is 32.2. The third-order valence-corrected chi connectivity index (χ3v) is 3.64. The van der Waals surface area contributed by atoms with Crippen LogP contribution in [0.25, 0.3) is 0 Å². The summed E-state index contributed by atoms with van der Waals surface area (Å²) in [5.41, 5.74) is -0.0271. The van der Waals surface area contributed by atoms with Crippen LogP contribution in [-0.2, 0) is 17.0 Å². The summed E-state index contributed by atoms with van der Waals surface area (Å²) in [5.74, 6) is 0.600. The van der Waals surface area contributed by atoms with Crippen molar-refractivity contribution in [3.05, 3.63) is 35.4 Å². The summed E-state index contributed by atoms with van der Waals surface area (Å²) in [5, 5.41) is 3.13. The summed E-state index contributed by atoms with van der Waals surface area (Å²) in [6, 6.07) is 5.15. The van der Waals surface area contributed by atoms with Crippen molar-refractivity contribution < 1.29 is 17.4 Å². The van der Waals surface area contributed by atoms with E-state index in [0.717, 1.165) is 18.6 Å². The lowest BCUT2D eigenvalue weighted by molar-refractivity contribution is -0.137. The first-order valence-corrected chi connectivity index (χ1v) is 7.74. The molecule has 0 saturated carbocycles. The molecule has 0 fully saturated rings. The summed E-state index contributed by atoms with van der Waals surface area (Å²) in [4.78, 5) is 0. The Labute approximate surface area is 113 Å². The number of alkyl halides is 3. The van der Waals surface area contributed by atoms with Crippen LogP contribution < -0.4 is 5.32 Å². The van der Waals surface area contributed by atoms with E-state index in [1.165, 1.54) is 6.07 Å². The van der Waals surface area contributed by atoms with Crippen LogP contribution in [0, 0.1) is 0 Å². The molecule has 1 rings (SSSR count). The van der Waals surface area contributed by atoms with Crippen molar-refractivity contribution in [2.75, 3.05) is 18.6 Å². The molecule has 6 heteroatoms. The van der Waals surface area contributed by atoms with Crippen molar-refractivity contribution in [3.8, 4) is 0 Å². The number of nitrogens with one attached hydrogen (secondary N) is 1. The van der Waals surface area contributed by atoms with Gasteiger partial charge in [0.05, 0.1) is 5.56 Å². The smallest absolute Gasteiger partial charge is 0.310 e. The van der Waals surface area contributed by atoms with Crippen LogP contribution in [0.5, 0.6) is 0 Å². The molecule has 2 nitrogen and oxygen atoms in total. The molecule has 0 aromatic heterocycles. The van der Waals surface area contributed by atoms with E-state index in [4.69, 9.17) is 0 Å². The van der Waals surface area contributed by atoms with Crippen molar-refractivity contribution >= 4 is 10.8 Å². The Kier molecular flexibility index (Phi) is 6.00. The van der Waals surface area contributed by atoms with Crippen molar-refractivity contribution in [2.45, 2.75) is 25.6 Å². The molecule has 1 aromatic rings. The quantitative estimate of drug-likeness (QED) is 0.817. The van der Waals surface area contributed by atoms with Crippen LogP contribution in [0.4, 0.5) is 13.2 Å². The van der Waals surface area contributed by atoms with Crippen LogP contribution in [0.15, 0.2) is 24.3 Å². The number of hydrogen-bond donors (Lipinski definition) is 1. The Morgan fingerprint density at radius 3 is 2.63 bits per heavy atom. The molecule has 0 radical (unpaired) electrons. The fraction of sp³-hybridized carbons (Fsp3) is 0.538. The van der Waals surface area contributed by atoms with Gasteiger partial charge in [-0.2, -0.15) is 13.2 Å². The molecule has 108 valence electrons. The van der Waals surface area contributed by atoms with E-state index in [0.29, 0.717) is 17.9 Å². The van der Waals surface area contributed by atoms with E-state index >= 15 is 0 Å². The molecule has 0 aliphatic rings. The topological polar surface area (TPSA) is 29.1 Å².